The van der Waals surface area contributed by atoms with Crippen molar-refractivity contribution in [2.45, 2.75) is 20.8 Å². The van der Waals surface area contributed by atoms with Crippen LogP contribution in [-0.2, 0) is 4.74 Å². The van der Waals surface area contributed by atoms with Crippen LogP contribution in [0.15, 0.2) is 36.4 Å². The summed E-state index contributed by atoms with van der Waals surface area (Å²) < 4.78 is 10.9. The fourth-order valence-electron chi connectivity index (χ4n) is 2.04. The van der Waals surface area contributed by atoms with Crippen molar-refractivity contribution < 1.29 is 14.3 Å². The van der Waals surface area contributed by atoms with Crippen LogP contribution in [0.5, 0.6) is 11.5 Å². The molecule has 2 rings (SSSR count). The van der Waals surface area contributed by atoms with E-state index in [9.17, 15) is 4.79 Å². The molecule has 0 aromatic heterocycles. The lowest BCUT2D eigenvalue weighted by molar-refractivity contribution is 0.0523. The Hall–Kier alpha value is -2.49. The summed E-state index contributed by atoms with van der Waals surface area (Å²) in [5, 5.41) is 0. The van der Waals surface area contributed by atoms with Gasteiger partial charge in [-0.2, -0.15) is 0 Å². The van der Waals surface area contributed by atoms with Crippen molar-refractivity contribution in [3.63, 3.8) is 0 Å². The first kappa shape index (κ1) is 14.9. The van der Waals surface area contributed by atoms with E-state index in [1.54, 1.807) is 25.1 Å². The predicted molar refractivity (Wildman–Crippen MR) is 82.8 cm³/mol. The summed E-state index contributed by atoms with van der Waals surface area (Å²) in [5.74, 6) is 0.704. The molecule has 0 radical (unpaired) electrons. The second kappa shape index (κ2) is 6.31. The van der Waals surface area contributed by atoms with Gasteiger partial charge in [0, 0.05) is 5.69 Å². The highest BCUT2D eigenvalue weighted by molar-refractivity contribution is 5.93. The number of benzene rings is 2. The van der Waals surface area contributed by atoms with Gasteiger partial charge in [-0.15, -0.1) is 0 Å². The average Bonchev–Trinajstić information content (AvgIpc) is 2.43. The van der Waals surface area contributed by atoms with Gasteiger partial charge in [-0.1, -0.05) is 17.7 Å². The highest BCUT2D eigenvalue weighted by Crippen LogP contribution is 2.30. The summed E-state index contributed by atoms with van der Waals surface area (Å²) in [6.45, 7) is 6.04. The molecule has 0 amide bonds. The van der Waals surface area contributed by atoms with E-state index in [-0.39, 0.29) is 0 Å². The first-order valence-corrected chi connectivity index (χ1v) is 6.83. The molecule has 0 atom stereocenters. The van der Waals surface area contributed by atoms with E-state index < -0.39 is 5.97 Å². The number of esters is 1. The van der Waals surface area contributed by atoms with Crippen LogP contribution in [-0.4, -0.2) is 12.6 Å². The maximum atomic E-state index is 12.0. The van der Waals surface area contributed by atoms with Crippen molar-refractivity contribution in [2.75, 3.05) is 12.3 Å². The van der Waals surface area contributed by atoms with Crippen LogP contribution < -0.4 is 10.5 Å². The molecule has 0 heterocycles. The standard InChI is InChI=1S/C17H19NO3/c1-4-20-17(19)14-10-13(18)6-8-16(14)21-15-7-5-11(2)9-12(15)3/h5-10H,4,18H2,1-3H3. The van der Waals surface area contributed by atoms with E-state index in [2.05, 4.69) is 0 Å². The zero-order valence-electron chi connectivity index (χ0n) is 12.5. The molecule has 21 heavy (non-hydrogen) atoms. The fraction of sp³-hybridized carbons (Fsp3) is 0.235. The van der Waals surface area contributed by atoms with E-state index in [1.807, 2.05) is 32.0 Å². The van der Waals surface area contributed by atoms with Crippen LogP contribution in [0.1, 0.15) is 28.4 Å². The molecule has 0 saturated carbocycles. The van der Waals surface area contributed by atoms with Gasteiger partial charge in [0.05, 0.1) is 6.61 Å². The van der Waals surface area contributed by atoms with Gasteiger partial charge in [0.25, 0.3) is 0 Å². The Bertz CT molecular complexity index is 665. The lowest BCUT2D eigenvalue weighted by Crippen LogP contribution is -2.07. The van der Waals surface area contributed by atoms with Gasteiger partial charge in [-0.3, -0.25) is 0 Å². The molecule has 0 aliphatic heterocycles. The van der Waals surface area contributed by atoms with E-state index in [0.717, 1.165) is 11.1 Å². The smallest absolute Gasteiger partial charge is 0.342 e. The molecule has 0 spiro atoms. The Morgan fingerprint density at radius 3 is 2.48 bits per heavy atom. The molecular weight excluding hydrogens is 266 g/mol. The minimum Gasteiger partial charge on any atom is -0.462 e. The Balaban J connectivity index is 2.37. The predicted octanol–water partition coefficient (Wildman–Crippen LogP) is 3.85. The normalized spacial score (nSPS) is 10.2. The number of ether oxygens (including phenoxy) is 2. The number of carbonyl (C=O) groups is 1. The number of nitrogen functional groups attached to an aromatic ring is 1. The van der Waals surface area contributed by atoms with Crippen molar-refractivity contribution in [1.82, 2.24) is 0 Å². The Morgan fingerprint density at radius 1 is 1.10 bits per heavy atom. The maximum absolute atomic E-state index is 12.0. The quantitative estimate of drug-likeness (QED) is 0.684. The van der Waals surface area contributed by atoms with Gasteiger partial charge in [-0.05, 0) is 50.6 Å². The van der Waals surface area contributed by atoms with Gasteiger partial charge in [-0.25, -0.2) is 4.79 Å². The third-order valence-electron chi connectivity index (χ3n) is 3.05. The van der Waals surface area contributed by atoms with E-state index in [4.69, 9.17) is 15.2 Å². The number of aryl methyl sites for hydroxylation is 2. The largest absolute Gasteiger partial charge is 0.462 e. The van der Waals surface area contributed by atoms with Gasteiger partial charge in [0.2, 0.25) is 0 Å². The Labute approximate surface area is 124 Å². The van der Waals surface area contributed by atoms with Crippen LogP contribution in [0.3, 0.4) is 0 Å². The second-order valence-electron chi connectivity index (χ2n) is 4.85. The molecule has 0 bridgehead atoms. The van der Waals surface area contributed by atoms with Crippen LogP contribution in [0, 0.1) is 13.8 Å². The summed E-state index contributed by atoms with van der Waals surface area (Å²) in [4.78, 5) is 12.0. The summed E-state index contributed by atoms with van der Waals surface area (Å²) >= 11 is 0. The summed E-state index contributed by atoms with van der Waals surface area (Å²) in [6.07, 6.45) is 0. The van der Waals surface area contributed by atoms with Gasteiger partial charge >= 0.3 is 5.97 Å². The molecule has 4 nitrogen and oxygen atoms in total. The van der Waals surface area contributed by atoms with Crippen LogP contribution in [0.2, 0.25) is 0 Å². The molecule has 0 saturated heterocycles. The molecule has 0 aliphatic rings. The van der Waals surface area contributed by atoms with E-state index in [0.29, 0.717) is 29.4 Å². The Kier molecular flexibility index (Phi) is 4.48. The molecule has 0 unspecified atom stereocenters. The molecule has 2 aromatic rings. The molecule has 2 N–H and O–H groups in total. The van der Waals surface area contributed by atoms with Crippen LogP contribution in [0.25, 0.3) is 0 Å². The van der Waals surface area contributed by atoms with Crippen molar-refractivity contribution in [3.05, 3.63) is 53.1 Å². The number of nitrogens with two attached hydrogens (primary N) is 1. The number of hydrogen-bond acceptors (Lipinski definition) is 4. The maximum Gasteiger partial charge on any atom is 0.342 e. The molecule has 110 valence electrons. The summed E-state index contributed by atoms with van der Waals surface area (Å²) in [5.41, 5.74) is 8.72. The van der Waals surface area contributed by atoms with Gasteiger partial charge in [0.1, 0.15) is 17.1 Å². The van der Waals surface area contributed by atoms with Crippen LogP contribution >= 0.6 is 0 Å². The monoisotopic (exact) mass is 285 g/mol. The van der Waals surface area contributed by atoms with E-state index in [1.165, 1.54) is 0 Å². The third-order valence-corrected chi connectivity index (χ3v) is 3.05. The molecule has 2 aromatic carbocycles. The highest BCUT2D eigenvalue weighted by atomic mass is 16.5. The van der Waals surface area contributed by atoms with Crippen molar-refractivity contribution in [1.29, 1.82) is 0 Å². The number of rotatable bonds is 4. The molecule has 0 aliphatic carbocycles. The molecule has 0 fully saturated rings. The van der Waals surface area contributed by atoms with E-state index >= 15 is 0 Å². The summed E-state index contributed by atoms with van der Waals surface area (Å²) in [7, 11) is 0. The van der Waals surface area contributed by atoms with Crippen molar-refractivity contribution in [2.24, 2.45) is 0 Å². The SMILES string of the molecule is CCOC(=O)c1cc(N)ccc1Oc1ccc(C)cc1C. The highest BCUT2D eigenvalue weighted by Gasteiger charge is 2.15. The van der Waals surface area contributed by atoms with Crippen molar-refractivity contribution in [3.8, 4) is 11.5 Å². The number of hydrogen-bond donors (Lipinski definition) is 1. The minimum atomic E-state index is -0.440. The topological polar surface area (TPSA) is 61.5 Å². The lowest BCUT2D eigenvalue weighted by atomic mass is 10.1. The third kappa shape index (κ3) is 3.54. The second-order valence-corrected chi connectivity index (χ2v) is 4.85. The minimum absolute atomic E-state index is 0.302. The zero-order valence-corrected chi connectivity index (χ0v) is 12.5. The average molecular weight is 285 g/mol. The van der Waals surface area contributed by atoms with Gasteiger partial charge in [0.15, 0.2) is 0 Å². The van der Waals surface area contributed by atoms with Crippen molar-refractivity contribution >= 4 is 11.7 Å². The summed E-state index contributed by atoms with van der Waals surface area (Å²) in [6, 6.07) is 10.8. The zero-order chi connectivity index (χ0) is 15.4. The van der Waals surface area contributed by atoms with Crippen LogP contribution in [0.4, 0.5) is 5.69 Å². The first-order chi connectivity index (χ1) is 10.0. The molecule has 4 heteroatoms. The lowest BCUT2D eigenvalue weighted by Gasteiger charge is -2.13. The number of carbonyl (C=O) groups excluding carboxylic acids is 1. The molecular formula is C17H19NO3. The first-order valence-electron chi connectivity index (χ1n) is 6.83. The number of anilines is 1. The fourth-order valence-corrected chi connectivity index (χ4v) is 2.04. The Morgan fingerprint density at radius 2 is 1.81 bits per heavy atom. The van der Waals surface area contributed by atoms with Gasteiger partial charge < -0.3 is 15.2 Å².